The van der Waals surface area contributed by atoms with Crippen molar-refractivity contribution in [3.05, 3.63) is 35.7 Å². The predicted octanol–water partition coefficient (Wildman–Crippen LogP) is 1.41. The molecule has 2 atom stereocenters. The van der Waals surface area contributed by atoms with Crippen molar-refractivity contribution >= 4 is 0 Å². The molecule has 2 N–H and O–H groups in total. The molecule has 100 valence electrons. The molecule has 1 saturated heterocycles. The average molecular weight is 267 g/mol. The standard InChI is InChI=1S/C12H11F2N3O2/c13-7-1-6(2-8(14)3-7)11-16-12(19-17-11)10-4-9(18)5-15-10/h1-3,9-10,15,18H,4-5H2/t9?,10-/m0/s1. The second-order valence-corrected chi connectivity index (χ2v) is 4.46. The number of aliphatic hydroxyl groups excluding tert-OH is 1. The fourth-order valence-corrected chi connectivity index (χ4v) is 2.08. The molecule has 1 aromatic carbocycles. The van der Waals surface area contributed by atoms with Crippen LogP contribution in [0.15, 0.2) is 22.7 Å². The summed E-state index contributed by atoms with van der Waals surface area (Å²) in [5, 5.41) is 16.1. The first-order valence-electron chi connectivity index (χ1n) is 5.83. The van der Waals surface area contributed by atoms with Gasteiger partial charge < -0.3 is 14.9 Å². The maximum Gasteiger partial charge on any atom is 0.244 e. The highest BCUT2D eigenvalue weighted by molar-refractivity contribution is 5.54. The van der Waals surface area contributed by atoms with Crippen LogP contribution in [0.3, 0.4) is 0 Å². The molecule has 1 aliphatic heterocycles. The van der Waals surface area contributed by atoms with Crippen molar-refractivity contribution in [3.8, 4) is 11.4 Å². The van der Waals surface area contributed by atoms with E-state index in [1.165, 1.54) is 0 Å². The number of hydrogen-bond acceptors (Lipinski definition) is 5. The average Bonchev–Trinajstić information content (AvgIpc) is 2.95. The molecular formula is C12H11F2N3O2. The van der Waals surface area contributed by atoms with E-state index >= 15 is 0 Å². The Balaban J connectivity index is 1.88. The first-order chi connectivity index (χ1) is 9.11. The molecule has 0 aliphatic carbocycles. The van der Waals surface area contributed by atoms with Gasteiger partial charge in [-0.3, -0.25) is 0 Å². The van der Waals surface area contributed by atoms with Crippen molar-refractivity contribution in [1.29, 1.82) is 0 Å². The lowest BCUT2D eigenvalue weighted by Gasteiger charge is -2.01. The van der Waals surface area contributed by atoms with Gasteiger partial charge in [0.2, 0.25) is 11.7 Å². The molecule has 0 amide bonds. The van der Waals surface area contributed by atoms with E-state index in [4.69, 9.17) is 4.52 Å². The van der Waals surface area contributed by atoms with Crippen LogP contribution in [-0.4, -0.2) is 27.9 Å². The first-order valence-corrected chi connectivity index (χ1v) is 5.83. The third kappa shape index (κ3) is 2.47. The van der Waals surface area contributed by atoms with Crippen molar-refractivity contribution in [1.82, 2.24) is 15.5 Å². The highest BCUT2D eigenvalue weighted by Crippen LogP contribution is 2.25. The number of β-amino-alcohol motifs (C(OH)–C–C–N with tert-alkyl or cyclic N) is 1. The normalized spacial score (nSPS) is 22.9. The zero-order valence-corrected chi connectivity index (χ0v) is 9.81. The van der Waals surface area contributed by atoms with E-state index < -0.39 is 17.7 Å². The van der Waals surface area contributed by atoms with Gasteiger partial charge in [0.05, 0.1) is 12.1 Å². The molecular weight excluding hydrogens is 256 g/mol. The summed E-state index contributed by atoms with van der Waals surface area (Å²) in [5.74, 6) is -0.973. The number of aliphatic hydroxyl groups is 1. The lowest BCUT2D eigenvalue weighted by Crippen LogP contribution is -2.15. The maximum absolute atomic E-state index is 13.1. The molecule has 5 nitrogen and oxygen atoms in total. The van der Waals surface area contributed by atoms with Gasteiger partial charge in [0.15, 0.2) is 0 Å². The van der Waals surface area contributed by atoms with Gasteiger partial charge >= 0.3 is 0 Å². The Hall–Kier alpha value is -1.86. The topological polar surface area (TPSA) is 71.2 Å². The summed E-state index contributed by atoms with van der Waals surface area (Å²) in [6.45, 7) is 0.455. The zero-order chi connectivity index (χ0) is 13.4. The van der Waals surface area contributed by atoms with E-state index in [2.05, 4.69) is 15.5 Å². The van der Waals surface area contributed by atoms with E-state index in [0.29, 0.717) is 18.9 Å². The third-order valence-electron chi connectivity index (χ3n) is 2.97. The molecule has 2 heterocycles. The van der Waals surface area contributed by atoms with Crippen LogP contribution in [0.5, 0.6) is 0 Å². The fraction of sp³-hybridized carbons (Fsp3) is 0.333. The van der Waals surface area contributed by atoms with Crippen LogP contribution in [0.25, 0.3) is 11.4 Å². The van der Waals surface area contributed by atoms with Gasteiger partial charge in [0, 0.05) is 18.2 Å². The molecule has 1 unspecified atom stereocenters. The van der Waals surface area contributed by atoms with Crippen LogP contribution in [0.1, 0.15) is 18.4 Å². The summed E-state index contributed by atoms with van der Waals surface area (Å²) in [7, 11) is 0. The number of benzene rings is 1. The summed E-state index contributed by atoms with van der Waals surface area (Å²) in [6, 6.07) is 2.82. The highest BCUT2D eigenvalue weighted by Gasteiger charge is 2.28. The van der Waals surface area contributed by atoms with Gasteiger partial charge in [-0.25, -0.2) is 8.78 Å². The smallest absolute Gasteiger partial charge is 0.244 e. The number of aromatic nitrogens is 2. The minimum atomic E-state index is -0.698. The summed E-state index contributed by atoms with van der Waals surface area (Å²) in [5.41, 5.74) is 0.214. The van der Waals surface area contributed by atoms with Crippen molar-refractivity contribution in [2.45, 2.75) is 18.6 Å². The number of hydrogen-bond donors (Lipinski definition) is 2. The molecule has 0 radical (unpaired) electrons. The second-order valence-electron chi connectivity index (χ2n) is 4.46. The van der Waals surface area contributed by atoms with Gasteiger partial charge in [-0.15, -0.1) is 0 Å². The molecule has 1 fully saturated rings. The van der Waals surface area contributed by atoms with Gasteiger partial charge in [-0.05, 0) is 18.6 Å². The lowest BCUT2D eigenvalue weighted by molar-refractivity contribution is 0.191. The summed E-state index contributed by atoms with van der Waals surface area (Å²) >= 11 is 0. The Labute approximate surface area is 107 Å². The SMILES string of the molecule is OC1CN[C@H](c2nc(-c3cc(F)cc(F)c3)no2)C1. The fourth-order valence-electron chi connectivity index (χ4n) is 2.08. The van der Waals surface area contributed by atoms with Gasteiger partial charge in [-0.2, -0.15) is 4.98 Å². The van der Waals surface area contributed by atoms with E-state index in [0.717, 1.165) is 18.2 Å². The molecule has 7 heteroatoms. The number of nitrogens with zero attached hydrogens (tertiary/aromatic N) is 2. The second kappa shape index (κ2) is 4.67. The van der Waals surface area contributed by atoms with Gasteiger partial charge in [-0.1, -0.05) is 5.16 Å². The van der Waals surface area contributed by atoms with Crippen LogP contribution in [-0.2, 0) is 0 Å². The van der Waals surface area contributed by atoms with Crippen LogP contribution >= 0.6 is 0 Å². The minimum absolute atomic E-state index is 0.122. The van der Waals surface area contributed by atoms with E-state index in [-0.39, 0.29) is 17.4 Å². The number of nitrogens with one attached hydrogen (secondary N) is 1. The molecule has 3 rings (SSSR count). The van der Waals surface area contributed by atoms with Crippen LogP contribution in [0.4, 0.5) is 8.78 Å². The Morgan fingerprint density at radius 2 is 2.00 bits per heavy atom. The molecule has 0 bridgehead atoms. The van der Waals surface area contributed by atoms with Gasteiger partial charge in [0.1, 0.15) is 11.6 Å². The van der Waals surface area contributed by atoms with Crippen LogP contribution in [0.2, 0.25) is 0 Å². The Morgan fingerprint density at radius 1 is 1.26 bits per heavy atom. The predicted molar refractivity (Wildman–Crippen MR) is 61.0 cm³/mol. The van der Waals surface area contributed by atoms with E-state index in [1.807, 2.05) is 0 Å². The zero-order valence-electron chi connectivity index (χ0n) is 9.81. The third-order valence-corrected chi connectivity index (χ3v) is 2.97. The largest absolute Gasteiger partial charge is 0.392 e. The summed E-state index contributed by atoms with van der Waals surface area (Å²) < 4.78 is 31.3. The molecule has 0 spiro atoms. The van der Waals surface area contributed by atoms with Crippen LogP contribution < -0.4 is 5.32 Å². The molecule has 19 heavy (non-hydrogen) atoms. The monoisotopic (exact) mass is 267 g/mol. The number of rotatable bonds is 2. The van der Waals surface area contributed by atoms with Crippen molar-refractivity contribution in [3.63, 3.8) is 0 Å². The Morgan fingerprint density at radius 3 is 2.63 bits per heavy atom. The highest BCUT2D eigenvalue weighted by atomic mass is 19.1. The summed E-state index contributed by atoms with van der Waals surface area (Å²) in [6.07, 6.45) is 0.0195. The molecule has 1 aliphatic rings. The lowest BCUT2D eigenvalue weighted by atomic mass is 10.2. The van der Waals surface area contributed by atoms with Gasteiger partial charge in [0.25, 0.3) is 0 Å². The Kier molecular flexibility index (Phi) is 3.00. The summed E-state index contributed by atoms with van der Waals surface area (Å²) in [4.78, 5) is 4.09. The van der Waals surface area contributed by atoms with Crippen LogP contribution in [0, 0.1) is 11.6 Å². The first kappa shape index (κ1) is 12.2. The maximum atomic E-state index is 13.1. The quantitative estimate of drug-likeness (QED) is 0.860. The Bertz CT molecular complexity index is 582. The van der Waals surface area contributed by atoms with Crippen molar-refractivity contribution in [2.24, 2.45) is 0 Å². The van der Waals surface area contributed by atoms with E-state index in [9.17, 15) is 13.9 Å². The molecule has 2 aromatic rings. The van der Waals surface area contributed by atoms with E-state index in [1.54, 1.807) is 0 Å². The van der Waals surface area contributed by atoms with Crippen molar-refractivity contribution < 1.29 is 18.4 Å². The number of halogens is 2. The molecule has 1 aromatic heterocycles. The molecule has 0 saturated carbocycles. The van der Waals surface area contributed by atoms with Crippen molar-refractivity contribution in [2.75, 3.05) is 6.54 Å². The minimum Gasteiger partial charge on any atom is -0.392 e.